The Hall–Kier alpha value is -2.44. The molecule has 0 aliphatic heterocycles. The number of hydrogen-bond acceptors (Lipinski definition) is 5. The van der Waals surface area contributed by atoms with Crippen LogP contribution in [0.4, 0.5) is 5.69 Å². The van der Waals surface area contributed by atoms with E-state index in [0.29, 0.717) is 18.7 Å². The molecule has 2 aromatic rings. The molecule has 110 valence electrons. The van der Waals surface area contributed by atoms with E-state index in [2.05, 4.69) is 5.32 Å². The molecular weight excluding hydrogens is 272 g/mol. The van der Waals surface area contributed by atoms with E-state index in [-0.39, 0.29) is 11.4 Å². The van der Waals surface area contributed by atoms with E-state index in [4.69, 9.17) is 0 Å². The van der Waals surface area contributed by atoms with Crippen molar-refractivity contribution in [3.63, 3.8) is 0 Å². The number of rotatable bonds is 6. The Kier molecular flexibility index (Phi) is 4.86. The number of nitro groups is 1. The molecule has 1 atom stereocenters. The summed E-state index contributed by atoms with van der Waals surface area (Å²) >= 11 is 0. The minimum Gasteiger partial charge on any atom is -0.508 e. The predicted molar refractivity (Wildman–Crippen MR) is 77.9 cm³/mol. The molecule has 0 saturated carbocycles. The third kappa shape index (κ3) is 4.27. The first kappa shape index (κ1) is 15.0. The first-order valence-electron chi connectivity index (χ1n) is 6.47. The average molecular weight is 288 g/mol. The van der Waals surface area contributed by atoms with Crippen LogP contribution in [0.2, 0.25) is 0 Å². The summed E-state index contributed by atoms with van der Waals surface area (Å²) in [7, 11) is 0. The number of nitrogens with zero attached hydrogens (tertiary/aromatic N) is 1. The minimum atomic E-state index is -0.733. The highest BCUT2D eigenvalue weighted by Crippen LogP contribution is 2.17. The molecule has 0 saturated heterocycles. The molecule has 3 N–H and O–H groups in total. The van der Waals surface area contributed by atoms with E-state index < -0.39 is 11.0 Å². The maximum absolute atomic E-state index is 10.5. The number of benzene rings is 2. The van der Waals surface area contributed by atoms with Crippen LogP contribution in [0.25, 0.3) is 0 Å². The highest BCUT2D eigenvalue weighted by Gasteiger charge is 2.10. The van der Waals surface area contributed by atoms with Crippen molar-refractivity contribution in [2.75, 3.05) is 6.54 Å². The smallest absolute Gasteiger partial charge is 0.269 e. The predicted octanol–water partition coefficient (Wildman–Crippen LogP) is 2.12. The van der Waals surface area contributed by atoms with Crippen LogP contribution in [0.15, 0.2) is 48.5 Å². The molecular formula is C15H16N2O4. The summed E-state index contributed by atoms with van der Waals surface area (Å²) in [6.07, 6.45) is -0.733. The lowest BCUT2D eigenvalue weighted by Crippen LogP contribution is -2.21. The van der Waals surface area contributed by atoms with Gasteiger partial charge in [0.2, 0.25) is 0 Å². The fraction of sp³-hybridized carbons (Fsp3) is 0.200. The van der Waals surface area contributed by atoms with Gasteiger partial charge in [0.15, 0.2) is 0 Å². The number of non-ortho nitro benzene ring substituents is 1. The van der Waals surface area contributed by atoms with Crippen molar-refractivity contribution in [2.45, 2.75) is 12.6 Å². The van der Waals surface area contributed by atoms with E-state index >= 15 is 0 Å². The van der Waals surface area contributed by atoms with Crippen molar-refractivity contribution in [1.29, 1.82) is 0 Å². The quantitative estimate of drug-likeness (QED) is 0.559. The molecule has 6 heteroatoms. The molecule has 1 unspecified atom stereocenters. The lowest BCUT2D eigenvalue weighted by Gasteiger charge is -2.12. The van der Waals surface area contributed by atoms with Gasteiger partial charge in [-0.3, -0.25) is 10.1 Å². The standard InChI is InChI=1S/C15H16N2O4/c18-14-7-1-11(2-8-14)9-16-10-15(19)12-3-5-13(6-4-12)17(20)21/h1-8,15-16,18-19H,9-10H2. The number of aliphatic hydroxyl groups excluding tert-OH is 1. The van der Waals surface area contributed by atoms with Crippen molar-refractivity contribution in [3.05, 3.63) is 69.8 Å². The van der Waals surface area contributed by atoms with Crippen molar-refractivity contribution >= 4 is 5.69 Å². The Morgan fingerprint density at radius 2 is 1.71 bits per heavy atom. The zero-order chi connectivity index (χ0) is 15.2. The highest BCUT2D eigenvalue weighted by molar-refractivity contribution is 5.33. The number of hydrogen-bond donors (Lipinski definition) is 3. The van der Waals surface area contributed by atoms with E-state index in [1.165, 1.54) is 12.1 Å². The van der Waals surface area contributed by atoms with Gasteiger partial charge >= 0.3 is 0 Å². The van der Waals surface area contributed by atoms with Crippen molar-refractivity contribution in [2.24, 2.45) is 0 Å². The Morgan fingerprint density at radius 1 is 1.10 bits per heavy atom. The van der Waals surface area contributed by atoms with E-state index in [1.807, 2.05) is 0 Å². The molecule has 6 nitrogen and oxygen atoms in total. The van der Waals surface area contributed by atoms with E-state index in [1.54, 1.807) is 36.4 Å². The number of nitro benzene ring substituents is 1. The van der Waals surface area contributed by atoms with Gasteiger partial charge in [-0.05, 0) is 35.4 Å². The first-order chi connectivity index (χ1) is 10.1. The van der Waals surface area contributed by atoms with Crippen LogP contribution < -0.4 is 5.32 Å². The van der Waals surface area contributed by atoms with Gasteiger partial charge in [0.25, 0.3) is 5.69 Å². The van der Waals surface area contributed by atoms with Gasteiger partial charge in [0.1, 0.15) is 5.75 Å². The van der Waals surface area contributed by atoms with E-state index in [0.717, 1.165) is 5.56 Å². The van der Waals surface area contributed by atoms with Crippen LogP contribution in [0, 0.1) is 10.1 Å². The topological polar surface area (TPSA) is 95.6 Å². The van der Waals surface area contributed by atoms with Crippen LogP contribution in [0.3, 0.4) is 0 Å². The molecule has 0 bridgehead atoms. The number of aliphatic hydroxyl groups is 1. The monoisotopic (exact) mass is 288 g/mol. The molecule has 0 aliphatic carbocycles. The summed E-state index contributed by atoms with van der Waals surface area (Å²) in [5, 5.41) is 32.8. The third-order valence-electron chi connectivity index (χ3n) is 3.09. The van der Waals surface area contributed by atoms with Gasteiger partial charge in [-0.15, -0.1) is 0 Å². The second-order valence-corrected chi connectivity index (χ2v) is 4.66. The van der Waals surface area contributed by atoms with Gasteiger partial charge < -0.3 is 15.5 Å². The lowest BCUT2D eigenvalue weighted by atomic mass is 10.1. The fourth-order valence-corrected chi connectivity index (χ4v) is 1.90. The van der Waals surface area contributed by atoms with Crippen molar-refractivity contribution in [3.8, 4) is 5.75 Å². The Bertz CT molecular complexity index is 596. The molecule has 0 radical (unpaired) electrons. The SMILES string of the molecule is O=[N+]([O-])c1ccc(C(O)CNCc2ccc(O)cc2)cc1. The molecule has 0 heterocycles. The normalized spacial score (nSPS) is 12.0. The molecule has 0 aliphatic rings. The molecule has 21 heavy (non-hydrogen) atoms. The Labute approximate surface area is 121 Å². The second-order valence-electron chi connectivity index (χ2n) is 4.66. The van der Waals surface area contributed by atoms with Gasteiger partial charge in [-0.2, -0.15) is 0 Å². The molecule has 0 spiro atoms. The maximum atomic E-state index is 10.5. The van der Waals surface area contributed by atoms with Crippen LogP contribution in [0.5, 0.6) is 5.75 Å². The zero-order valence-corrected chi connectivity index (χ0v) is 11.3. The molecule has 2 aromatic carbocycles. The second kappa shape index (κ2) is 6.83. The van der Waals surface area contributed by atoms with Crippen molar-refractivity contribution in [1.82, 2.24) is 5.32 Å². The Balaban J connectivity index is 1.85. The van der Waals surface area contributed by atoms with Crippen LogP contribution in [-0.2, 0) is 6.54 Å². The third-order valence-corrected chi connectivity index (χ3v) is 3.09. The van der Waals surface area contributed by atoms with Gasteiger partial charge in [0.05, 0.1) is 11.0 Å². The van der Waals surface area contributed by atoms with Crippen molar-refractivity contribution < 1.29 is 15.1 Å². The summed E-state index contributed by atoms with van der Waals surface area (Å²) in [6, 6.07) is 12.6. The summed E-state index contributed by atoms with van der Waals surface area (Å²) in [5.74, 6) is 0.213. The van der Waals surface area contributed by atoms with Gasteiger partial charge in [-0.1, -0.05) is 12.1 Å². The zero-order valence-electron chi connectivity index (χ0n) is 11.3. The largest absolute Gasteiger partial charge is 0.508 e. The number of nitrogens with one attached hydrogen (secondary N) is 1. The maximum Gasteiger partial charge on any atom is 0.269 e. The molecule has 0 fully saturated rings. The average Bonchev–Trinajstić information content (AvgIpc) is 2.49. The molecule has 0 amide bonds. The minimum absolute atomic E-state index is 0.00278. The molecule has 0 aromatic heterocycles. The summed E-state index contributed by atoms with van der Waals surface area (Å²) in [6.45, 7) is 0.892. The Morgan fingerprint density at radius 3 is 2.29 bits per heavy atom. The van der Waals surface area contributed by atoms with Crippen LogP contribution >= 0.6 is 0 Å². The van der Waals surface area contributed by atoms with Gasteiger partial charge in [0, 0.05) is 25.2 Å². The highest BCUT2D eigenvalue weighted by atomic mass is 16.6. The number of aromatic hydroxyl groups is 1. The first-order valence-corrected chi connectivity index (χ1v) is 6.47. The number of phenolic OH excluding ortho intramolecular Hbond substituents is 1. The summed E-state index contributed by atoms with van der Waals surface area (Å²) in [4.78, 5) is 10.1. The van der Waals surface area contributed by atoms with Crippen LogP contribution in [0.1, 0.15) is 17.2 Å². The fourth-order valence-electron chi connectivity index (χ4n) is 1.90. The molecule has 2 rings (SSSR count). The number of phenols is 1. The summed E-state index contributed by atoms with van der Waals surface area (Å²) in [5.41, 5.74) is 1.62. The van der Waals surface area contributed by atoms with Crippen LogP contribution in [-0.4, -0.2) is 21.7 Å². The summed E-state index contributed by atoms with van der Waals surface area (Å²) < 4.78 is 0. The van der Waals surface area contributed by atoms with E-state index in [9.17, 15) is 20.3 Å². The van der Waals surface area contributed by atoms with Gasteiger partial charge in [-0.25, -0.2) is 0 Å². The lowest BCUT2D eigenvalue weighted by molar-refractivity contribution is -0.384.